The molecule has 0 amide bonds. The molecule has 4 unspecified atom stereocenters. The summed E-state index contributed by atoms with van der Waals surface area (Å²) in [6.45, 7) is 18.1. The Morgan fingerprint density at radius 2 is 1.85 bits per heavy atom. The van der Waals surface area contributed by atoms with Crippen molar-refractivity contribution in [1.29, 1.82) is 0 Å². The van der Waals surface area contributed by atoms with E-state index < -0.39 is 0 Å². The van der Waals surface area contributed by atoms with Crippen molar-refractivity contribution < 1.29 is 14.3 Å². The summed E-state index contributed by atoms with van der Waals surface area (Å²) in [5, 5.41) is 0. The molecule has 2 radical (unpaired) electrons. The lowest BCUT2D eigenvalue weighted by molar-refractivity contribution is -0.0594. The summed E-state index contributed by atoms with van der Waals surface area (Å²) in [5.74, 6) is 5.37. The van der Waals surface area contributed by atoms with Gasteiger partial charge in [-0.15, -0.1) is 0 Å². The number of carbonyl (C=O) groups excluding carboxylic acids is 1. The van der Waals surface area contributed by atoms with Crippen LogP contribution in [0.15, 0.2) is 35.9 Å². The van der Waals surface area contributed by atoms with Gasteiger partial charge in [-0.25, -0.2) is 4.79 Å². The molecule has 8 atom stereocenters. The Labute approximate surface area is 251 Å². The number of allylic oxidation sites excluding steroid dienone is 1. The van der Waals surface area contributed by atoms with E-state index in [0.717, 1.165) is 67.6 Å². The van der Waals surface area contributed by atoms with E-state index in [4.69, 9.17) is 9.47 Å². The van der Waals surface area contributed by atoms with Gasteiger partial charge in [0.05, 0.1) is 0 Å². The summed E-state index contributed by atoms with van der Waals surface area (Å²) in [5.41, 5.74) is 2.86. The highest BCUT2D eigenvalue weighted by Gasteiger charge is 2.59. The highest BCUT2D eigenvalue weighted by molar-refractivity contribution is 5.92. The van der Waals surface area contributed by atoms with Crippen LogP contribution in [-0.2, 0) is 4.74 Å². The fourth-order valence-electron chi connectivity index (χ4n) is 9.94. The molecule has 1 aromatic carbocycles. The Balaban J connectivity index is 1.23. The Morgan fingerprint density at radius 3 is 2.63 bits per heavy atom. The quantitative estimate of drug-likeness (QED) is 0.153. The van der Waals surface area contributed by atoms with E-state index in [2.05, 4.69) is 47.6 Å². The van der Waals surface area contributed by atoms with Crippen LogP contribution in [0.1, 0.15) is 128 Å². The van der Waals surface area contributed by atoms with Crippen molar-refractivity contribution in [2.45, 2.75) is 124 Å². The van der Waals surface area contributed by atoms with E-state index in [-0.39, 0.29) is 17.5 Å². The van der Waals surface area contributed by atoms with Gasteiger partial charge < -0.3 is 9.47 Å². The van der Waals surface area contributed by atoms with Gasteiger partial charge in [0.25, 0.3) is 0 Å². The molecular weight excluding hydrogens is 504 g/mol. The van der Waals surface area contributed by atoms with Gasteiger partial charge in [0.15, 0.2) is 0 Å². The van der Waals surface area contributed by atoms with Gasteiger partial charge in [-0.3, -0.25) is 0 Å². The second-order valence-corrected chi connectivity index (χ2v) is 15.0. The lowest BCUT2D eigenvalue weighted by Gasteiger charge is -2.58. The predicted octanol–water partition coefficient (Wildman–Crippen LogP) is 10.4. The van der Waals surface area contributed by atoms with Gasteiger partial charge in [0.2, 0.25) is 0 Å². The molecule has 4 aliphatic rings. The van der Waals surface area contributed by atoms with Crippen molar-refractivity contribution in [1.82, 2.24) is 0 Å². The topological polar surface area (TPSA) is 35.5 Å². The van der Waals surface area contributed by atoms with Crippen LogP contribution in [-0.4, -0.2) is 12.1 Å². The average molecular weight is 561 g/mol. The van der Waals surface area contributed by atoms with Crippen LogP contribution < -0.4 is 4.74 Å². The number of para-hydroxylation sites is 1. The minimum atomic E-state index is -0.264. The first-order chi connectivity index (χ1) is 19.7. The van der Waals surface area contributed by atoms with E-state index in [9.17, 15) is 4.79 Å². The fourth-order valence-corrected chi connectivity index (χ4v) is 9.94. The summed E-state index contributed by atoms with van der Waals surface area (Å²) in [4.78, 5) is 13.2. The van der Waals surface area contributed by atoms with E-state index in [1.165, 1.54) is 51.4 Å². The number of unbranched alkanes of at least 4 members (excludes halogenated alkanes) is 1. The van der Waals surface area contributed by atoms with Gasteiger partial charge in [0.1, 0.15) is 24.0 Å². The Morgan fingerprint density at radius 1 is 1.05 bits per heavy atom. The van der Waals surface area contributed by atoms with Crippen LogP contribution in [0.25, 0.3) is 0 Å². The van der Waals surface area contributed by atoms with Crippen molar-refractivity contribution in [3.05, 3.63) is 55.0 Å². The number of esters is 1. The molecule has 3 nitrogen and oxygen atoms in total. The second-order valence-electron chi connectivity index (χ2n) is 15.0. The van der Waals surface area contributed by atoms with Gasteiger partial charge in [0, 0.05) is 6.42 Å². The number of hydrogen-bond acceptors (Lipinski definition) is 3. The summed E-state index contributed by atoms with van der Waals surface area (Å²) >= 11 is 0. The highest BCUT2D eigenvalue weighted by Crippen LogP contribution is 2.67. The molecule has 4 aliphatic carbocycles. The molecule has 41 heavy (non-hydrogen) atoms. The summed E-state index contributed by atoms with van der Waals surface area (Å²) in [6.07, 6.45) is 18.1. The minimum Gasteiger partial charge on any atom is -0.486 e. The maximum absolute atomic E-state index is 13.2. The molecule has 0 bridgehead atoms. The smallest absolute Gasteiger partial charge is 0.342 e. The molecule has 5 rings (SSSR count). The van der Waals surface area contributed by atoms with Crippen LogP contribution in [0.2, 0.25) is 0 Å². The lowest BCUT2D eigenvalue weighted by atomic mass is 9.47. The molecule has 3 fully saturated rings. The van der Waals surface area contributed by atoms with Crippen molar-refractivity contribution in [2.24, 2.45) is 46.3 Å². The number of carbonyl (C=O) groups is 1. The molecule has 3 saturated carbocycles. The van der Waals surface area contributed by atoms with Gasteiger partial charge in [-0.05, 0) is 116 Å². The first kappa shape index (κ1) is 30.7. The van der Waals surface area contributed by atoms with Crippen molar-refractivity contribution in [3.8, 4) is 5.75 Å². The normalized spacial score (nSPS) is 35.2. The summed E-state index contributed by atoms with van der Waals surface area (Å²) in [6, 6.07) is 7.43. The van der Waals surface area contributed by atoms with E-state index in [0.29, 0.717) is 16.7 Å². The summed E-state index contributed by atoms with van der Waals surface area (Å²) < 4.78 is 11.9. The Bertz CT molecular complexity index is 1070. The molecule has 0 aliphatic heterocycles. The van der Waals surface area contributed by atoms with Crippen LogP contribution in [0.4, 0.5) is 0 Å². The molecule has 0 N–H and O–H groups in total. The van der Waals surface area contributed by atoms with Crippen LogP contribution >= 0.6 is 0 Å². The van der Waals surface area contributed by atoms with Crippen molar-refractivity contribution in [3.63, 3.8) is 0 Å². The second kappa shape index (κ2) is 12.8. The number of hydrogen-bond donors (Lipinski definition) is 0. The maximum atomic E-state index is 13.2. The third-order valence-electron chi connectivity index (χ3n) is 12.2. The van der Waals surface area contributed by atoms with Crippen LogP contribution in [0.3, 0.4) is 0 Å². The molecule has 0 heterocycles. The van der Waals surface area contributed by atoms with E-state index >= 15 is 0 Å². The molecule has 3 heteroatoms. The predicted molar refractivity (Wildman–Crippen MR) is 168 cm³/mol. The largest absolute Gasteiger partial charge is 0.486 e. The first-order valence-corrected chi connectivity index (χ1v) is 16.9. The zero-order chi connectivity index (χ0) is 29.2. The number of fused-ring (bicyclic) bond motifs is 5. The zero-order valence-corrected chi connectivity index (χ0v) is 26.6. The van der Waals surface area contributed by atoms with Gasteiger partial charge in [-0.1, -0.05) is 84.6 Å². The average Bonchev–Trinajstić information content (AvgIpc) is 3.30. The molecule has 0 saturated heterocycles. The Kier molecular flexibility index (Phi) is 9.61. The number of ether oxygens (including phenoxy) is 2. The molecule has 0 aromatic heterocycles. The Hall–Kier alpha value is -1.77. The highest BCUT2D eigenvalue weighted by atomic mass is 16.5. The molecule has 226 valence electrons. The maximum Gasteiger partial charge on any atom is 0.342 e. The van der Waals surface area contributed by atoms with Gasteiger partial charge >= 0.3 is 5.97 Å². The summed E-state index contributed by atoms with van der Waals surface area (Å²) in [7, 11) is 0. The van der Waals surface area contributed by atoms with Crippen molar-refractivity contribution in [2.75, 3.05) is 0 Å². The standard InChI is InChI=1S/C38H56O3/c1-7-8-24-40-35-15-10-9-14-31(35)36(39)41-29-20-22-37(5)28(25-29)16-17-30-33-19-18-32(27(4)13-11-12-26(2)3)38(33,6)23-21-34(30)37/h9-10,14-16,24,26-27,29-30,32-34H,1,7-8,11-13,17-23,25H2,2-6H3/t27-,29?,30?,32-,33?,34?,37+,38-/m1/s1. The molecule has 1 aromatic rings. The molecular formula is C38H56O3. The van der Waals surface area contributed by atoms with Crippen LogP contribution in [0, 0.1) is 59.9 Å². The minimum absolute atomic E-state index is 0.0494. The fraction of sp³-hybridized carbons (Fsp3) is 0.711. The van der Waals surface area contributed by atoms with E-state index in [1.54, 1.807) is 12.2 Å². The van der Waals surface area contributed by atoms with E-state index in [1.807, 2.05) is 24.3 Å². The third-order valence-corrected chi connectivity index (χ3v) is 12.2. The first-order valence-electron chi connectivity index (χ1n) is 16.9. The number of benzene rings is 1. The lowest BCUT2D eigenvalue weighted by Crippen LogP contribution is -2.51. The molecule has 0 spiro atoms. The monoisotopic (exact) mass is 560 g/mol. The zero-order valence-electron chi connectivity index (χ0n) is 26.6. The van der Waals surface area contributed by atoms with Crippen LogP contribution in [0.5, 0.6) is 5.75 Å². The SMILES string of the molecule is [CH2]CC[CH]Oc1ccccc1C(=O)OC1CC[C@@]2(C)C(=CCC3C2CC[C@@]2(C)C3CC[C@@H]2[C@H](C)CCCC(C)C)C1. The van der Waals surface area contributed by atoms with Gasteiger partial charge in [-0.2, -0.15) is 0 Å². The van der Waals surface area contributed by atoms with Crippen molar-refractivity contribution >= 4 is 5.97 Å². The third kappa shape index (κ3) is 6.16. The number of rotatable bonds is 11.